The largest absolute Gasteiger partial charge is 0.321 e. The van der Waals surface area contributed by atoms with Crippen LogP contribution in [0.4, 0.5) is 0 Å². The van der Waals surface area contributed by atoms with Crippen LogP contribution in [-0.4, -0.2) is 35.2 Å². The monoisotopic (exact) mass is 233 g/mol. The van der Waals surface area contributed by atoms with Crippen LogP contribution in [0, 0.1) is 0 Å². The van der Waals surface area contributed by atoms with Gasteiger partial charge in [-0.1, -0.05) is 25.7 Å². The maximum absolute atomic E-state index is 11.7. The van der Waals surface area contributed by atoms with Gasteiger partial charge in [-0.25, -0.2) is 0 Å². The Morgan fingerprint density at radius 2 is 2.07 bits per heavy atom. The van der Waals surface area contributed by atoms with Gasteiger partial charge in [0, 0.05) is 22.3 Å². The van der Waals surface area contributed by atoms with Crippen molar-refractivity contribution in [3.63, 3.8) is 0 Å². The summed E-state index contributed by atoms with van der Waals surface area (Å²) in [6.07, 6.45) is 1.59. The number of hydrogen-bond acceptors (Lipinski definition) is 3. The van der Waals surface area contributed by atoms with E-state index in [1.807, 2.05) is 19.6 Å². The van der Waals surface area contributed by atoms with Crippen molar-refractivity contribution in [3.8, 4) is 0 Å². The number of nitrogens with two attached hydrogens (primary N) is 1. The van der Waals surface area contributed by atoms with E-state index in [9.17, 15) is 9.00 Å². The summed E-state index contributed by atoms with van der Waals surface area (Å²) in [6.45, 7) is 9.34. The Balaban J connectivity index is 4.22. The third kappa shape index (κ3) is 4.83. The van der Waals surface area contributed by atoms with Gasteiger partial charge in [0.1, 0.15) is 13.5 Å². The molecule has 0 bridgehead atoms. The first-order chi connectivity index (χ1) is 6.29. The summed E-state index contributed by atoms with van der Waals surface area (Å²) >= 11 is 0. The standard InChI is InChI=1S/C9H19NO2SSi/c1-5-6-13(12)7-8(10)9(11)14(2,3)4/h5,8H,1,6-7,10H2,2-4H3/t8-,13?/m0/s1. The van der Waals surface area contributed by atoms with Gasteiger partial charge in [0.05, 0.1) is 6.04 Å². The molecule has 0 aromatic carbocycles. The van der Waals surface area contributed by atoms with Gasteiger partial charge < -0.3 is 10.5 Å². The Bertz CT molecular complexity index is 248. The van der Waals surface area contributed by atoms with Gasteiger partial charge in [0.2, 0.25) is 0 Å². The topological polar surface area (TPSA) is 60.2 Å². The normalized spacial score (nSPS) is 16.0. The van der Waals surface area contributed by atoms with E-state index in [4.69, 9.17) is 5.73 Å². The summed E-state index contributed by atoms with van der Waals surface area (Å²) in [5, 5.41) is 0.0925. The number of carbonyl (C=O) groups excluding carboxylic acids is 1. The lowest BCUT2D eigenvalue weighted by atomic mass is 10.4. The molecule has 0 fully saturated rings. The fourth-order valence-electron chi connectivity index (χ4n) is 1.03. The average molecular weight is 233 g/mol. The van der Waals surface area contributed by atoms with Crippen LogP contribution in [-0.2, 0) is 15.6 Å². The fourth-order valence-corrected chi connectivity index (χ4v) is 3.34. The minimum atomic E-state index is -1.84. The minimum absolute atomic E-state index is 0.0925. The van der Waals surface area contributed by atoms with Crippen LogP contribution in [0.1, 0.15) is 0 Å². The molecule has 0 aliphatic heterocycles. The van der Waals surface area contributed by atoms with Gasteiger partial charge in [-0.05, 0) is 0 Å². The lowest BCUT2D eigenvalue weighted by Gasteiger charge is -2.19. The molecule has 0 aromatic rings. The molecule has 0 spiro atoms. The number of rotatable bonds is 6. The van der Waals surface area contributed by atoms with E-state index < -0.39 is 24.9 Å². The highest BCUT2D eigenvalue weighted by Crippen LogP contribution is 2.05. The Labute approximate surface area is 89.2 Å². The summed E-state index contributed by atoms with van der Waals surface area (Å²) in [5.74, 6) is 0.668. The van der Waals surface area contributed by atoms with Crippen molar-refractivity contribution in [2.45, 2.75) is 25.7 Å². The highest BCUT2D eigenvalue weighted by molar-refractivity contribution is 7.85. The van der Waals surface area contributed by atoms with E-state index in [-0.39, 0.29) is 11.2 Å². The van der Waals surface area contributed by atoms with Crippen LogP contribution in [0.2, 0.25) is 19.6 Å². The predicted molar refractivity (Wildman–Crippen MR) is 64.4 cm³/mol. The van der Waals surface area contributed by atoms with Crippen molar-refractivity contribution in [1.29, 1.82) is 0 Å². The molecule has 82 valence electrons. The molecule has 2 N–H and O–H groups in total. The lowest BCUT2D eigenvalue weighted by Crippen LogP contribution is -2.48. The summed E-state index contributed by atoms with van der Waals surface area (Å²) in [7, 11) is -2.88. The molecule has 0 aliphatic carbocycles. The molecular formula is C9H19NO2SSi. The molecule has 0 amide bonds. The molecule has 5 heteroatoms. The van der Waals surface area contributed by atoms with Gasteiger partial charge >= 0.3 is 0 Å². The Morgan fingerprint density at radius 3 is 2.43 bits per heavy atom. The van der Waals surface area contributed by atoms with Gasteiger partial charge in [-0.2, -0.15) is 0 Å². The second-order valence-corrected chi connectivity index (χ2v) is 10.8. The fraction of sp³-hybridized carbons (Fsp3) is 0.667. The third-order valence-electron chi connectivity index (χ3n) is 1.75. The van der Waals surface area contributed by atoms with Gasteiger partial charge in [0.25, 0.3) is 0 Å². The maximum atomic E-state index is 11.7. The zero-order valence-electron chi connectivity index (χ0n) is 9.08. The van der Waals surface area contributed by atoms with Crippen molar-refractivity contribution < 1.29 is 9.00 Å². The van der Waals surface area contributed by atoms with Crippen molar-refractivity contribution in [2.75, 3.05) is 11.5 Å². The number of carbonyl (C=O) groups is 1. The van der Waals surface area contributed by atoms with Crippen LogP contribution in [0.5, 0.6) is 0 Å². The summed E-state index contributed by atoms with van der Waals surface area (Å²) in [4.78, 5) is 11.7. The van der Waals surface area contributed by atoms with Crippen molar-refractivity contribution >= 4 is 24.3 Å². The second kappa shape index (κ2) is 5.58. The van der Waals surface area contributed by atoms with E-state index in [0.717, 1.165) is 0 Å². The molecule has 0 saturated carbocycles. The SMILES string of the molecule is C=CCS(=O)C[C@H](N)C(=O)[Si](C)(C)C. The third-order valence-corrected chi connectivity index (χ3v) is 4.93. The van der Waals surface area contributed by atoms with E-state index in [1.165, 1.54) is 0 Å². The maximum Gasteiger partial charge on any atom is 0.128 e. The quantitative estimate of drug-likeness (QED) is 0.542. The average Bonchev–Trinajstić information content (AvgIpc) is 2.01. The van der Waals surface area contributed by atoms with Gasteiger partial charge in [-0.15, -0.1) is 6.58 Å². The summed E-state index contributed by atoms with van der Waals surface area (Å²) in [5.41, 5.74) is 5.69. The van der Waals surface area contributed by atoms with Crippen LogP contribution in [0.3, 0.4) is 0 Å². The Hall–Kier alpha value is -0.263. The molecule has 0 saturated heterocycles. The molecule has 0 heterocycles. The molecule has 0 aliphatic rings. The lowest BCUT2D eigenvalue weighted by molar-refractivity contribution is -0.113. The smallest absolute Gasteiger partial charge is 0.128 e. The zero-order chi connectivity index (χ0) is 11.4. The predicted octanol–water partition coefficient (Wildman–Crippen LogP) is 0.695. The van der Waals surface area contributed by atoms with Crippen LogP contribution < -0.4 is 5.73 Å². The van der Waals surface area contributed by atoms with Crippen molar-refractivity contribution in [2.24, 2.45) is 5.73 Å². The van der Waals surface area contributed by atoms with Crippen LogP contribution in [0.15, 0.2) is 12.7 Å². The van der Waals surface area contributed by atoms with Gasteiger partial charge in [-0.3, -0.25) is 4.21 Å². The van der Waals surface area contributed by atoms with Crippen molar-refractivity contribution in [1.82, 2.24) is 0 Å². The highest BCUT2D eigenvalue weighted by Gasteiger charge is 2.29. The molecule has 0 radical (unpaired) electrons. The zero-order valence-corrected chi connectivity index (χ0v) is 10.9. The first-order valence-corrected chi connectivity index (χ1v) is 9.53. The van der Waals surface area contributed by atoms with Gasteiger partial charge in [0.15, 0.2) is 0 Å². The Kier molecular flexibility index (Phi) is 5.47. The molecule has 1 unspecified atom stereocenters. The van der Waals surface area contributed by atoms with E-state index in [2.05, 4.69) is 6.58 Å². The Morgan fingerprint density at radius 1 is 1.57 bits per heavy atom. The molecule has 14 heavy (non-hydrogen) atoms. The molecule has 0 aromatic heterocycles. The molecule has 2 atom stereocenters. The molecule has 3 nitrogen and oxygen atoms in total. The first-order valence-electron chi connectivity index (χ1n) is 4.54. The van der Waals surface area contributed by atoms with E-state index >= 15 is 0 Å². The number of hydrogen-bond donors (Lipinski definition) is 1. The van der Waals surface area contributed by atoms with E-state index in [0.29, 0.717) is 5.75 Å². The minimum Gasteiger partial charge on any atom is -0.321 e. The second-order valence-electron chi connectivity index (χ2n) is 4.28. The van der Waals surface area contributed by atoms with Crippen LogP contribution in [0.25, 0.3) is 0 Å². The summed E-state index contributed by atoms with van der Waals surface area (Å²) < 4.78 is 11.3. The molecular weight excluding hydrogens is 214 g/mol. The van der Waals surface area contributed by atoms with Crippen LogP contribution >= 0.6 is 0 Å². The summed E-state index contributed by atoms with van der Waals surface area (Å²) in [6, 6.07) is -0.567. The first kappa shape index (κ1) is 13.7. The molecule has 0 rings (SSSR count). The van der Waals surface area contributed by atoms with Crippen molar-refractivity contribution in [3.05, 3.63) is 12.7 Å². The highest BCUT2D eigenvalue weighted by atomic mass is 32.2. The van der Waals surface area contributed by atoms with E-state index in [1.54, 1.807) is 6.08 Å².